The van der Waals surface area contributed by atoms with Gasteiger partial charge in [-0.25, -0.2) is 4.39 Å². The molecule has 0 atom stereocenters. The zero-order chi connectivity index (χ0) is 15.4. The molecule has 21 heavy (non-hydrogen) atoms. The SMILES string of the molecule is Cc1ccc(/C=C(/C#N)c2ccccc2F)cc1[N+](=O)[O-]. The van der Waals surface area contributed by atoms with E-state index in [4.69, 9.17) is 0 Å². The minimum atomic E-state index is -0.507. The molecule has 0 bridgehead atoms. The van der Waals surface area contributed by atoms with Gasteiger partial charge in [-0.2, -0.15) is 5.26 Å². The van der Waals surface area contributed by atoms with Gasteiger partial charge in [0.25, 0.3) is 5.69 Å². The van der Waals surface area contributed by atoms with Crippen LogP contribution in [-0.2, 0) is 0 Å². The van der Waals surface area contributed by atoms with Gasteiger partial charge in [0.15, 0.2) is 0 Å². The van der Waals surface area contributed by atoms with Crippen molar-refractivity contribution in [3.05, 3.63) is 75.1 Å². The number of nitrogens with zero attached hydrogens (tertiary/aromatic N) is 2. The van der Waals surface area contributed by atoms with Gasteiger partial charge in [0, 0.05) is 17.2 Å². The number of rotatable bonds is 3. The highest BCUT2D eigenvalue weighted by atomic mass is 19.1. The quantitative estimate of drug-likeness (QED) is 0.368. The second kappa shape index (κ2) is 5.97. The van der Waals surface area contributed by atoms with Crippen molar-refractivity contribution >= 4 is 17.3 Å². The van der Waals surface area contributed by atoms with Crippen molar-refractivity contribution in [2.75, 3.05) is 0 Å². The number of hydrogen-bond acceptors (Lipinski definition) is 3. The topological polar surface area (TPSA) is 66.9 Å². The van der Waals surface area contributed by atoms with Crippen molar-refractivity contribution in [3.63, 3.8) is 0 Å². The average molecular weight is 282 g/mol. The first-order valence-corrected chi connectivity index (χ1v) is 6.14. The summed E-state index contributed by atoms with van der Waals surface area (Å²) in [5.41, 5.74) is 1.26. The Kier molecular flexibility index (Phi) is 4.10. The molecule has 0 heterocycles. The monoisotopic (exact) mass is 282 g/mol. The number of nitriles is 1. The second-order valence-corrected chi connectivity index (χ2v) is 4.45. The fourth-order valence-electron chi connectivity index (χ4n) is 1.93. The first-order valence-electron chi connectivity index (χ1n) is 6.14. The van der Waals surface area contributed by atoms with E-state index < -0.39 is 10.7 Å². The highest BCUT2D eigenvalue weighted by molar-refractivity contribution is 5.90. The summed E-state index contributed by atoms with van der Waals surface area (Å²) >= 11 is 0. The van der Waals surface area contributed by atoms with E-state index in [1.54, 1.807) is 25.1 Å². The van der Waals surface area contributed by atoms with Crippen LogP contribution in [0.1, 0.15) is 16.7 Å². The predicted molar refractivity (Wildman–Crippen MR) is 77.7 cm³/mol. The molecule has 0 aliphatic rings. The molecule has 0 saturated carbocycles. The van der Waals surface area contributed by atoms with Gasteiger partial charge >= 0.3 is 0 Å². The van der Waals surface area contributed by atoms with Crippen LogP contribution < -0.4 is 0 Å². The third-order valence-electron chi connectivity index (χ3n) is 3.03. The molecule has 0 spiro atoms. The van der Waals surface area contributed by atoms with Crippen LogP contribution in [0.5, 0.6) is 0 Å². The van der Waals surface area contributed by atoms with Crippen LogP contribution in [0.2, 0.25) is 0 Å². The molecule has 0 saturated heterocycles. The van der Waals surface area contributed by atoms with Crippen LogP contribution in [0, 0.1) is 34.2 Å². The molecule has 0 aliphatic heterocycles. The molecule has 0 aromatic heterocycles. The minimum absolute atomic E-state index is 0.0328. The van der Waals surface area contributed by atoms with Crippen LogP contribution in [0.4, 0.5) is 10.1 Å². The summed E-state index contributed by atoms with van der Waals surface area (Å²) in [6.45, 7) is 1.63. The average Bonchev–Trinajstić information content (AvgIpc) is 2.47. The van der Waals surface area contributed by atoms with Gasteiger partial charge in [-0.15, -0.1) is 0 Å². The van der Waals surface area contributed by atoms with Crippen molar-refractivity contribution in [1.82, 2.24) is 0 Å². The van der Waals surface area contributed by atoms with Crippen LogP contribution in [-0.4, -0.2) is 4.92 Å². The van der Waals surface area contributed by atoms with Gasteiger partial charge in [0.05, 0.1) is 16.6 Å². The molecule has 0 N–H and O–H groups in total. The Hall–Kier alpha value is -3.00. The Morgan fingerprint density at radius 2 is 2.05 bits per heavy atom. The lowest BCUT2D eigenvalue weighted by atomic mass is 10.0. The van der Waals surface area contributed by atoms with Crippen LogP contribution in [0.3, 0.4) is 0 Å². The van der Waals surface area contributed by atoms with Gasteiger partial charge in [0.1, 0.15) is 5.82 Å². The van der Waals surface area contributed by atoms with Crippen molar-refractivity contribution in [1.29, 1.82) is 5.26 Å². The number of nitro benzene ring substituents is 1. The molecule has 0 unspecified atom stereocenters. The predicted octanol–water partition coefficient (Wildman–Crippen LogP) is 4.11. The van der Waals surface area contributed by atoms with Gasteiger partial charge in [-0.3, -0.25) is 10.1 Å². The molecule has 0 radical (unpaired) electrons. The number of benzene rings is 2. The lowest BCUT2D eigenvalue weighted by Crippen LogP contribution is -1.92. The zero-order valence-electron chi connectivity index (χ0n) is 11.2. The fourth-order valence-corrected chi connectivity index (χ4v) is 1.93. The smallest absolute Gasteiger partial charge is 0.258 e. The van der Waals surface area contributed by atoms with E-state index in [2.05, 4.69) is 0 Å². The minimum Gasteiger partial charge on any atom is -0.258 e. The van der Waals surface area contributed by atoms with Crippen LogP contribution in [0.15, 0.2) is 42.5 Å². The molecule has 0 fully saturated rings. The third kappa shape index (κ3) is 3.12. The highest BCUT2D eigenvalue weighted by Crippen LogP contribution is 2.24. The van der Waals surface area contributed by atoms with Crippen molar-refractivity contribution < 1.29 is 9.31 Å². The Balaban J connectivity index is 2.52. The number of nitro groups is 1. The van der Waals surface area contributed by atoms with Crippen LogP contribution in [0.25, 0.3) is 11.6 Å². The summed E-state index contributed by atoms with van der Waals surface area (Å²) in [7, 11) is 0. The van der Waals surface area contributed by atoms with Crippen molar-refractivity contribution in [3.8, 4) is 6.07 Å². The molecule has 4 nitrogen and oxygen atoms in total. The summed E-state index contributed by atoms with van der Waals surface area (Å²) in [6.07, 6.45) is 1.44. The standard InChI is InChI=1S/C16H11FN2O2/c1-11-6-7-12(9-16(11)19(20)21)8-13(10-18)14-4-2-3-5-15(14)17/h2-9H,1H3/b13-8-. The molecule has 0 amide bonds. The molecular formula is C16H11FN2O2. The lowest BCUT2D eigenvalue weighted by molar-refractivity contribution is -0.385. The van der Waals surface area contributed by atoms with E-state index in [0.29, 0.717) is 11.1 Å². The fraction of sp³-hybridized carbons (Fsp3) is 0.0625. The zero-order valence-corrected chi connectivity index (χ0v) is 11.2. The largest absolute Gasteiger partial charge is 0.272 e. The van der Waals surface area contributed by atoms with E-state index in [-0.39, 0.29) is 16.8 Å². The molecule has 2 aromatic rings. The summed E-state index contributed by atoms with van der Waals surface area (Å²) in [5, 5.41) is 20.1. The van der Waals surface area contributed by atoms with E-state index in [1.807, 2.05) is 6.07 Å². The summed E-state index contributed by atoms with van der Waals surface area (Å²) < 4.78 is 13.7. The molecule has 0 aliphatic carbocycles. The number of allylic oxidation sites excluding steroid dienone is 1. The maximum Gasteiger partial charge on any atom is 0.272 e. The van der Waals surface area contributed by atoms with Gasteiger partial charge in [-0.05, 0) is 24.6 Å². The van der Waals surface area contributed by atoms with Gasteiger partial charge < -0.3 is 0 Å². The highest BCUT2D eigenvalue weighted by Gasteiger charge is 2.12. The third-order valence-corrected chi connectivity index (χ3v) is 3.03. The summed E-state index contributed by atoms with van der Waals surface area (Å²) in [6, 6.07) is 12.5. The molecule has 2 aromatic carbocycles. The van der Waals surface area contributed by atoms with Crippen molar-refractivity contribution in [2.45, 2.75) is 6.92 Å². The summed E-state index contributed by atoms with van der Waals surface area (Å²) in [5.74, 6) is -0.507. The van der Waals surface area contributed by atoms with E-state index >= 15 is 0 Å². The number of hydrogen-bond donors (Lipinski definition) is 0. The second-order valence-electron chi connectivity index (χ2n) is 4.45. The molecular weight excluding hydrogens is 271 g/mol. The Morgan fingerprint density at radius 3 is 2.67 bits per heavy atom. The first kappa shape index (κ1) is 14.4. The molecule has 104 valence electrons. The molecule has 5 heteroatoms. The Labute approximate surface area is 120 Å². The van der Waals surface area contributed by atoms with Crippen LogP contribution >= 0.6 is 0 Å². The Morgan fingerprint density at radius 1 is 1.33 bits per heavy atom. The lowest BCUT2D eigenvalue weighted by Gasteiger charge is -2.02. The normalized spacial score (nSPS) is 11.0. The van der Waals surface area contributed by atoms with Gasteiger partial charge in [0.2, 0.25) is 0 Å². The van der Waals surface area contributed by atoms with E-state index in [0.717, 1.165) is 0 Å². The maximum absolute atomic E-state index is 13.7. The molecule has 2 rings (SSSR count). The van der Waals surface area contributed by atoms with Crippen molar-refractivity contribution in [2.24, 2.45) is 0 Å². The number of halogens is 1. The van der Waals surface area contributed by atoms with E-state index in [1.165, 1.54) is 30.3 Å². The summed E-state index contributed by atoms with van der Waals surface area (Å²) in [4.78, 5) is 10.4. The number of aryl methyl sites for hydroxylation is 1. The van der Waals surface area contributed by atoms with E-state index in [9.17, 15) is 19.8 Å². The van der Waals surface area contributed by atoms with Gasteiger partial charge in [-0.1, -0.05) is 30.3 Å². The Bertz CT molecular complexity index is 776. The maximum atomic E-state index is 13.7. The first-order chi connectivity index (χ1) is 10.0.